The molecule has 1 aliphatic carbocycles. The number of benzene rings is 2. The van der Waals surface area contributed by atoms with Gasteiger partial charge < -0.3 is 9.47 Å². The van der Waals surface area contributed by atoms with Crippen LogP contribution in [0.5, 0.6) is 11.5 Å². The Kier molecular flexibility index (Phi) is 8.01. The van der Waals surface area contributed by atoms with Crippen molar-refractivity contribution in [2.45, 2.75) is 78.2 Å². The molecule has 35 heavy (non-hydrogen) atoms. The lowest BCUT2D eigenvalue weighted by Gasteiger charge is -2.28. The second-order valence-electron chi connectivity index (χ2n) is 9.06. The zero-order valence-electron chi connectivity index (χ0n) is 20.9. The second-order valence-corrected chi connectivity index (χ2v) is 9.06. The van der Waals surface area contributed by atoms with E-state index >= 15 is 0 Å². The topological polar surface area (TPSA) is 70.4 Å². The summed E-state index contributed by atoms with van der Waals surface area (Å²) in [4.78, 5) is 23.7. The number of carbonyl (C=O) groups is 2. The van der Waals surface area contributed by atoms with Crippen molar-refractivity contribution in [1.29, 1.82) is 0 Å². The van der Waals surface area contributed by atoms with Crippen molar-refractivity contribution in [3.63, 3.8) is 0 Å². The molecule has 0 unspecified atom stereocenters. The minimum absolute atomic E-state index is 0.208. The van der Waals surface area contributed by atoms with Crippen LogP contribution in [-0.2, 0) is 16.0 Å². The molecule has 4 rings (SSSR count). The van der Waals surface area contributed by atoms with E-state index < -0.39 is 0 Å². The van der Waals surface area contributed by atoms with E-state index in [2.05, 4.69) is 11.6 Å². The minimum Gasteiger partial charge on any atom is -0.427 e. The van der Waals surface area contributed by atoms with Gasteiger partial charge in [0, 0.05) is 29.5 Å². The Morgan fingerprint density at radius 1 is 0.829 bits per heavy atom. The van der Waals surface area contributed by atoms with Gasteiger partial charge in [0.05, 0.1) is 17.4 Å². The predicted octanol–water partition coefficient (Wildman–Crippen LogP) is 6.92. The summed E-state index contributed by atoms with van der Waals surface area (Å²) < 4.78 is 13.0. The van der Waals surface area contributed by atoms with Crippen LogP contribution >= 0.6 is 0 Å². The third-order valence-electron chi connectivity index (χ3n) is 6.41. The van der Waals surface area contributed by atoms with E-state index in [1.165, 1.54) is 12.0 Å². The van der Waals surface area contributed by atoms with Crippen molar-refractivity contribution in [2.75, 3.05) is 0 Å². The first kappa shape index (κ1) is 24.7. The number of esters is 2. The van der Waals surface area contributed by atoms with Crippen LogP contribution in [0, 0.1) is 0 Å². The fourth-order valence-electron chi connectivity index (χ4n) is 4.37. The highest BCUT2D eigenvalue weighted by Crippen LogP contribution is 2.40. The van der Waals surface area contributed by atoms with Gasteiger partial charge >= 0.3 is 11.9 Å². The highest BCUT2D eigenvalue weighted by molar-refractivity contribution is 5.77. The molecule has 1 heterocycles. The van der Waals surface area contributed by atoms with Crippen molar-refractivity contribution in [3.8, 4) is 34.0 Å². The van der Waals surface area contributed by atoms with Crippen molar-refractivity contribution >= 4 is 11.9 Å². The van der Waals surface area contributed by atoms with Gasteiger partial charge in [0.1, 0.15) is 11.5 Å². The molecule has 6 nitrogen and oxygen atoms in total. The van der Waals surface area contributed by atoms with Gasteiger partial charge in [-0.15, -0.1) is 0 Å². The summed E-state index contributed by atoms with van der Waals surface area (Å²) >= 11 is 0. The fraction of sp³-hybridized carbons (Fsp3) is 0.414. The Morgan fingerprint density at radius 3 is 1.77 bits per heavy atom. The highest BCUT2D eigenvalue weighted by atomic mass is 16.5. The molecule has 1 aromatic heterocycles. The predicted molar refractivity (Wildman–Crippen MR) is 136 cm³/mol. The monoisotopic (exact) mass is 474 g/mol. The molecular weight excluding hydrogens is 440 g/mol. The zero-order valence-corrected chi connectivity index (χ0v) is 20.9. The SMILES string of the molecule is CCCC(=O)Oc1ccc(-c2nn(C3CCC3)c(-c3ccc(OC(=O)CCC)cc3)c2CC)cc1. The number of carbonyl (C=O) groups excluding carboxylic acids is 2. The Balaban J connectivity index is 1.66. The Bertz CT molecular complexity index is 1160. The number of hydrogen-bond acceptors (Lipinski definition) is 5. The molecule has 1 saturated carbocycles. The van der Waals surface area contributed by atoms with Gasteiger partial charge in [-0.25, -0.2) is 0 Å². The average Bonchev–Trinajstić information content (AvgIpc) is 3.18. The third-order valence-corrected chi connectivity index (χ3v) is 6.41. The first-order valence-electron chi connectivity index (χ1n) is 12.8. The number of hydrogen-bond donors (Lipinski definition) is 0. The molecule has 0 aliphatic heterocycles. The molecule has 0 spiro atoms. The maximum atomic E-state index is 11.9. The zero-order chi connectivity index (χ0) is 24.8. The standard InChI is InChI=1S/C29H34N2O4/c1-4-8-26(32)34-23-16-12-20(13-17-23)28-25(6-3)29(31(30-28)22-10-7-11-22)21-14-18-24(19-15-21)35-27(33)9-5-2/h12-19,22H,4-11H2,1-3H3. The fourth-order valence-corrected chi connectivity index (χ4v) is 4.37. The normalized spacial score (nSPS) is 13.3. The van der Waals surface area contributed by atoms with Gasteiger partial charge in [-0.05, 0) is 87.1 Å². The van der Waals surface area contributed by atoms with Crippen LogP contribution in [0.3, 0.4) is 0 Å². The Labute approximate surface area is 207 Å². The summed E-state index contributed by atoms with van der Waals surface area (Å²) in [6, 6.07) is 15.8. The van der Waals surface area contributed by atoms with Gasteiger partial charge in [-0.3, -0.25) is 14.3 Å². The summed E-state index contributed by atoms with van der Waals surface area (Å²) in [6.07, 6.45) is 6.64. The van der Waals surface area contributed by atoms with Crippen LogP contribution in [-0.4, -0.2) is 21.7 Å². The maximum absolute atomic E-state index is 11.9. The first-order chi connectivity index (χ1) is 17.0. The van der Waals surface area contributed by atoms with Crippen molar-refractivity contribution < 1.29 is 19.1 Å². The van der Waals surface area contributed by atoms with Crippen LogP contribution in [0.2, 0.25) is 0 Å². The molecule has 184 valence electrons. The number of nitrogens with zero attached hydrogens (tertiary/aromatic N) is 2. The molecule has 1 aliphatic rings. The first-order valence-corrected chi connectivity index (χ1v) is 12.8. The summed E-state index contributed by atoms with van der Waals surface area (Å²) in [5.41, 5.74) is 5.33. The molecule has 0 radical (unpaired) electrons. The maximum Gasteiger partial charge on any atom is 0.311 e. The Hall–Kier alpha value is -3.41. The molecule has 0 amide bonds. The smallest absolute Gasteiger partial charge is 0.311 e. The van der Waals surface area contributed by atoms with Crippen LogP contribution in [0.25, 0.3) is 22.5 Å². The largest absolute Gasteiger partial charge is 0.427 e. The van der Waals surface area contributed by atoms with E-state index in [1.807, 2.05) is 62.4 Å². The molecular formula is C29H34N2O4. The van der Waals surface area contributed by atoms with Crippen molar-refractivity contribution in [2.24, 2.45) is 0 Å². The van der Waals surface area contributed by atoms with Crippen LogP contribution < -0.4 is 9.47 Å². The van der Waals surface area contributed by atoms with E-state index in [4.69, 9.17) is 14.6 Å². The van der Waals surface area contributed by atoms with Gasteiger partial charge in [0.25, 0.3) is 0 Å². The van der Waals surface area contributed by atoms with Crippen molar-refractivity contribution in [3.05, 3.63) is 54.1 Å². The molecule has 0 saturated heterocycles. The lowest BCUT2D eigenvalue weighted by Crippen LogP contribution is -2.19. The van der Waals surface area contributed by atoms with Gasteiger partial charge in [0.15, 0.2) is 0 Å². The quantitative estimate of drug-likeness (QED) is 0.236. The van der Waals surface area contributed by atoms with E-state index in [-0.39, 0.29) is 11.9 Å². The molecule has 0 atom stereocenters. The van der Waals surface area contributed by atoms with E-state index in [0.29, 0.717) is 30.4 Å². The molecule has 1 fully saturated rings. The van der Waals surface area contributed by atoms with Gasteiger partial charge in [-0.1, -0.05) is 20.8 Å². The van der Waals surface area contributed by atoms with E-state index in [9.17, 15) is 9.59 Å². The summed E-state index contributed by atoms with van der Waals surface area (Å²) in [5, 5.41) is 5.09. The Morgan fingerprint density at radius 2 is 1.34 bits per heavy atom. The molecule has 6 heteroatoms. The van der Waals surface area contributed by atoms with Crippen LogP contribution in [0.1, 0.15) is 77.3 Å². The number of rotatable bonds is 10. The van der Waals surface area contributed by atoms with Gasteiger partial charge in [-0.2, -0.15) is 5.10 Å². The summed E-state index contributed by atoms with van der Waals surface area (Å²) in [6.45, 7) is 6.07. The highest BCUT2D eigenvalue weighted by Gasteiger charge is 2.27. The summed E-state index contributed by atoms with van der Waals surface area (Å²) in [5.74, 6) is 0.695. The molecule has 0 N–H and O–H groups in total. The molecule has 2 aromatic carbocycles. The van der Waals surface area contributed by atoms with Crippen LogP contribution in [0.4, 0.5) is 0 Å². The third kappa shape index (κ3) is 5.64. The summed E-state index contributed by atoms with van der Waals surface area (Å²) in [7, 11) is 0. The van der Waals surface area contributed by atoms with Crippen LogP contribution in [0.15, 0.2) is 48.5 Å². The van der Waals surface area contributed by atoms with E-state index in [0.717, 1.165) is 54.6 Å². The number of ether oxygens (including phenoxy) is 2. The van der Waals surface area contributed by atoms with Crippen molar-refractivity contribution in [1.82, 2.24) is 9.78 Å². The second kappa shape index (κ2) is 11.3. The molecule has 3 aromatic rings. The van der Waals surface area contributed by atoms with Gasteiger partial charge in [0.2, 0.25) is 0 Å². The minimum atomic E-state index is -0.213. The molecule has 0 bridgehead atoms. The lowest BCUT2D eigenvalue weighted by molar-refractivity contribution is -0.135. The van der Waals surface area contributed by atoms with E-state index in [1.54, 1.807) is 0 Å². The number of aromatic nitrogens is 2. The average molecular weight is 475 g/mol. The lowest BCUT2D eigenvalue weighted by atomic mass is 9.92.